The van der Waals surface area contributed by atoms with E-state index in [1.807, 2.05) is 19.1 Å². The lowest BCUT2D eigenvalue weighted by molar-refractivity contribution is -0.114. The highest BCUT2D eigenvalue weighted by Crippen LogP contribution is 2.31. The Morgan fingerprint density at radius 2 is 1.65 bits per heavy atom. The van der Waals surface area contributed by atoms with Crippen LogP contribution in [0.5, 0.6) is 0 Å². The minimum Gasteiger partial charge on any atom is -0.348 e. The molecule has 136 valence electrons. The summed E-state index contributed by atoms with van der Waals surface area (Å²) in [6.07, 6.45) is 0.717. The molecule has 1 heterocycles. The number of sulfonamides is 1. The van der Waals surface area contributed by atoms with E-state index in [-0.39, 0.29) is 10.8 Å². The Kier molecular flexibility index (Phi) is 5.46. The van der Waals surface area contributed by atoms with Gasteiger partial charge in [0.15, 0.2) is 0 Å². The predicted molar refractivity (Wildman–Crippen MR) is 103 cm³/mol. The summed E-state index contributed by atoms with van der Waals surface area (Å²) in [7, 11) is -3.53. The van der Waals surface area contributed by atoms with Crippen LogP contribution in [0.15, 0.2) is 53.4 Å². The van der Waals surface area contributed by atoms with Gasteiger partial charge < -0.3 is 5.32 Å². The number of hydrogen-bond donors (Lipinski definition) is 2. The molecule has 1 aliphatic rings. The maximum atomic E-state index is 12.3. The van der Waals surface area contributed by atoms with Crippen LogP contribution in [0.2, 0.25) is 5.02 Å². The van der Waals surface area contributed by atoms with Gasteiger partial charge >= 0.3 is 0 Å². The van der Waals surface area contributed by atoms with Gasteiger partial charge in [-0.2, -0.15) is 0 Å². The first kappa shape index (κ1) is 18.6. The molecule has 0 aliphatic carbocycles. The predicted octanol–water partition coefficient (Wildman–Crippen LogP) is 3.07. The van der Waals surface area contributed by atoms with Crippen LogP contribution in [0.4, 0.5) is 0 Å². The molecular formula is C19H19ClN2O3S. The molecule has 0 fully saturated rings. The number of hydrogen-bond acceptors (Lipinski definition) is 3. The maximum absolute atomic E-state index is 12.3. The average Bonchev–Trinajstić information content (AvgIpc) is 3.02. The van der Waals surface area contributed by atoms with Gasteiger partial charge in [-0.1, -0.05) is 42.8 Å². The highest BCUT2D eigenvalue weighted by Gasteiger charge is 2.25. The average molecular weight is 391 g/mol. The van der Waals surface area contributed by atoms with Gasteiger partial charge in [0.05, 0.1) is 10.5 Å². The molecule has 0 unspecified atom stereocenters. The van der Waals surface area contributed by atoms with Gasteiger partial charge in [-0.3, -0.25) is 4.79 Å². The lowest BCUT2D eigenvalue weighted by Crippen LogP contribution is -2.24. The summed E-state index contributed by atoms with van der Waals surface area (Å²) >= 11 is 5.94. The monoisotopic (exact) mass is 390 g/mol. The van der Waals surface area contributed by atoms with Crippen molar-refractivity contribution in [2.24, 2.45) is 0 Å². The van der Waals surface area contributed by atoms with Crippen LogP contribution in [0.1, 0.15) is 24.5 Å². The van der Waals surface area contributed by atoms with Gasteiger partial charge in [-0.25, -0.2) is 13.1 Å². The van der Waals surface area contributed by atoms with Crippen molar-refractivity contribution in [3.63, 3.8) is 0 Å². The van der Waals surface area contributed by atoms with Crippen LogP contribution in [0.25, 0.3) is 11.1 Å². The molecule has 1 amide bonds. The second-order valence-electron chi connectivity index (χ2n) is 5.97. The molecule has 1 aliphatic heterocycles. The van der Waals surface area contributed by atoms with Crippen LogP contribution >= 0.6 is 11.6 Å². The zero-order valence-corrected chi connectivity index (χ0v) is 15.8. The third-order valence-corrected chi connectivity index (χ3v) is 5.87. The fourth-order valence-electron chi connectivity index (χ4n) is 2.81. The standard InChI is InChI=1S/C19H19ClN2O3S/c1-2-11-22-26(24,25)16-9-5-14(6-10-16)18-17(12-21-19(18)23)13-3-7-15(20)8-4-13/h3-10,22H,2,11-12H2,1H3,(H,21,23). The quantitative estimate of drug-likeness (QED) is 0.795. The maximum Gasteiger partial charge on any atom is 0.252 e. The van der Waals surface area contributed by atoms with E-state index in [1.165, 1.54) is 12.1 Å². The summed E-state index contributed by atoms with van der Waals surface area (Å²) in [5.74, 6) is -0.172. The first-order valence-electron chi connectivity index (χ1n) is 8.30. The van der Waals surface area contributed by atoms with Crippen LogP contribution in [-0.2, 0) is 14.8 Å². The third-order valence-electron chi connectivity index (χ3n) is 4.14. The molecule has 3 rings (SSSR count). The number of nitrogens with one attached hydrogen (secondary N) is 2. The molecular weight excluding hydrogens is 372 g/mol. The van der Waals surface area contributed by atoms with E-state index in [1.54, 1.807) is 24.3 Å². The van der Waals surface area contributed by atoms with E-state index in [0.717, 1.165) is 17.6 Å². The van der Waals surface area contributed by atoms with Crippen LogP contribution < -0.4 is 10.0 Å². The van der Waals surface area contributed by atoms with Crippen molar-refractivity contribution in [3.05, 3.63) is 64.7 Å². The molecule has 7 heteroatoms. The molecule has 2 N–H and O–H groups in total. The summed E-state index contributed by atoms with van der Waals surface area (Å²) in [5, 5.41) is 3.45. The fraction of sp³-hybridized carbons (Fsp3) is 0.211. The topological polar surface area (TPSA) is 75.3 Å². The number of rotatable bonds is 6. The second-order valence-corrected chi connectivity index (χ2v) is 8.17. The van der Waals surface area contributed by atoms with E-state index >= 15 is 0 Å². The van der Waals surface area contributed by atoms with Gasteiger partial charge in [0.2, 0.25) is 10.0 Å². The van der Waals surface area contributed by atoms with E-state index in [9.17, 15) is 13.2 Å². The van der Waals surface area contributed by atoms with E-state index in [0.29, 0.717) is 29.2 Å². The number of carbonyl (C=O) groups is 1. The fourth-order valence-corrected chi connectivity index (χ4v) is 4.07. The molecule has 0 atom stereocenters. The van der Waals surface area contributed by atoms with E-state index in [2.05, 4.69) is 10.0 Å². The van der Waals surface area contributed by atoms with E-state index < -0.39 is 10.0 Å². The Labute approximate surface area is 158 Å². The van der Waals surface area contributed by atoms with Crippen molar-refractivity contribution in [3.8, 4) is 0 Å². The molecule has 0 saturated carbocycles. The zero-order valence-electron chi connectivity index (χ0n) is 14.3. The van der Waals surface area contributed by atoms with Crippen molar-refractivity contribution in [1.82, 2.24) is 10.0 Å². The van der Waals surface area contributed by atoms with Gasteiger partial charge in [0, 0.05) is 18.1 Å². The van der Waals surface area contributed by atoms with Crippen LogP contribution in [0, 0.1) is 0 Å². The summed E-state index contributed by atoms with van der Waals surface area (Å²) in [6, 6.07) is 13.7. The first-order chi connectivity index (χ1) is 12.4. The largest absolute Gasteiger partial charge is 0.348 e. The molecule has 2 aromatic carbocycles. The Balaban J connectivity index is 1.97. The summed E-state index contributed by atoms with van der Waals surface area (Å²) < 4.78 is 26.9. The summed E-state index contributed by atoms with van der Waals surface area (Å²) in [4.78, 5) is 12.5. The Bertz CT molecular complexity index is 949. The molecule has 26 heavy (non-hydrogen) atoms. The number of halogens is 1. The molecule has 2 aromatic rings. The SMILES string of the molecule is CCCNS(=O)(=O)c1ccc(C2=C(c3ccc(Cl)cc3)CNC2=O)cc1. The lowest BCUT2D eigenvalue weighted by atomic mass is 9.97. The third kappa shape index (κ3) is 3.82. The number of benzene rings is 2. The van der Waals surface area contributed by atoms with Crippen LogP contribution in [-0.4, -0.2) is 27.4 Å². The van der Waals surface area contributed by atoms with Gasteiger partial charge in [0.1, 0.15) is 0 Å². The summed E-state index contributed by atoms with van der Waals surface area (Å²) in [5.41, 5.74) is 3.01. The smallest absolute Gasteiger partial charge is 0.252 e. The summed E-state index contributed by atoms with van der Waals surface area (Å²) in [6.45, 7) is 2.71. The molecule has 0 saturated heterocycles. The molecule has 0 spiro atoms. The van der Waals surface area contributed by atoms with Crippen molar-refractivity contribution >= 4 is 38.7 Å². The van der Waals surface area contributed by atoms with Gasteiger partial charge in [-0.05, 0) is 47.4 Å². The molecule has 5 nitrogen and oxygen atoms in total. The molecule has 0 aromatic heterocycles. The Morgan fingerprint density at radius 1 is 1.04 bits per heavy atom. The van der Waals surface area contributed by atoms with Gasteiger partial charge in [0.25, 0.3) is 5.91 Å². The Morgan fingerprint density at radius 3 is 2.27 bits per heavy atom. The van der Waals surface area contributed by atoms with Crippen molar-refractivity contribution < 1.29 is 13.2 Å². The number of amides is 1. The first-order valence-corrected chi connectivity index (χ1v) is 10.2. The zero-order chi connectivity index (χ0) is 18.7. The van der Waals surface area contributed by atoms with Crippen molar-refractivity contribution in [2.75, 3.05) is 13.1 Å². The molecule has 0 radical (unpaired) electrons. The lowest BCUT2D eigenvalue weighted by Gasteiger charge is -2.09. The minimum absolute atomic E-state index is 0.172. The van der Waals surface area contributed by atoms with Gasteiger partial charge in [-0.15, -0.1) is 0 Å². The second kappa shape index (κ2) is 7.61. The Hall–Kier alpha value is -2.15. The highest BCUT2D eigenvalue weighted by atomic mass is 35.5. The number of carbonyl (C=O) groups excluding carboxylic acids is 1. The highest BCUT2D eigenvalue weighted by molar-refractivity contribution is 7.89. The van der Waals surface area contributed by atoms with E-state index in [4.69, 9.17) is 11.6 Å². The normalized spacial score (nSPS) is 14.6. The molecule has 0 bridgehead atoms. The van der Waals surface area contributed by atoms with Crippen LogP contribution in [0.3, 0.4) is 0 Å². The van der Waals surface area contributed by atoms with Crippen molar-refractivity contribution in [1.29, 1.82) is 0 Å². The minimum atomic E-state index is -3.53. The van der Waals surface area contributed by atoms with Crippen molar-refractivity contribution in [2.45, 2.75) is 18.2 Å².